The molecule has 2 rings (SSSR count). The molecule has 1 aromatic heterocycles. The van der Waals surface area contributed by atoms with Gasteiger partial charge < -0.3 is 10.0 Å². The molecule has 92 valence electrons. The zero-order valence-electron chi connectivity index (χ0n) is 10.1. The average molecular weight is 234 g/mol. The van der Waals surface area contributed by atoms with Crippen LogP contribution in [0.3, 0.4) is 0 Å². The molecule has 1 amide bonds. The lowest BCUT2D eigenvalue weighted by molar-refractivity contribution is 0.0650. The lowest BCUT2D eigenvalue weighted by Crippen LogP contribution is -2.39. The van der Waals surface area contributed by atoms with Gasteiger partial charge >= 0.3 is 0 Å². The van der Waals surface area contributed by atoms with Gasteiger partial charge in [-0.2, -0.15) is 0 Å². The Hall–Kier alpha value is -1.42. The molecular weight excluding hydrogens is 216 g/mol. The second-order valence-electron chi connectivity index (χ2n) is 4.60. The Morgan fingerprint density at radius 3 is 2.82 bits per heavy atom. The molecule has 1 N–H and O–H groups in total. The summed E-state index contributed by atoms with van der Waals surface area (Å²) >= 11 is 0. The molecule has 1 aromatic rings. The molecule has 4 nitrogen and oxygen atoms in total. The number of rotatable bonds is 2. The molecule has 0 aromatic carbocycles. The standard InChI is InChI=1S/C13H18N2O2/c1-10-8-12(2-5-14-10)13(17)15-6-3-11(9-16)4-7-15/h2,5,8,11,16H,3-4,6-7,9H2,1H3. The van der Waals surface area contributed by atoms with Crippen molar-refractivity contribution >= 4 is 5.91 Å². The lowest BCUT2D eigenvalue weighted by atomic mass is 9.97. The van der Waals surface area contributed by atoms with Crippen LogP contribution in [0, 0.1) is 12.8 Å². The molecule has 1 aliphatic heterocycles. The summed E-state index contributed by atoms with van der Waals surface area (Å²) in [5, 5.41) is 9.06. The maximum absolute atomic E-state index is 12.2. The number of aromatic nitrogens is 1. The molecule has 4 heteroatoms. The topological polar surface area (TPSA) is 53.4 Å². The van der Waals surface area contributed by atoms with Crippen molar-refractivity contribution in [1.82, 2.24) is 9.88 Å². The molecule has 0 saturated carbocycles. The Bertz CT molecular complexity index is 398. The summed E-state index contributed by atoms with van der Waals surface area (Å²) in [6.45, 7) is 3.60. The summed E-state index contributed by atoms with van der Waals surface area (Å²) in [5.74, 6) is 0.435. The normalized spacial score (nSPS) is 17.2. The monoisotopic (exact) mass is 234 g/mol. The Kier molecular flexibility index (Phi) is 3.74. The maximum Gasteiger partial charge on any atom is 0.253 e. The third-order valence-electron chi connectivity index (χ3n) is 3.30. The molecule has 0 radical (unpaired) electrons. The predicted molar refractivity (Wildman–Crippen MR) is 64.7 cm³/mol. The number of likely N-dealkylation sites (tertiary alicyclic amines) is 1. The van der Waals surface area contributed by atoms with E-state index >= 15 is 0 Å². The van der Waals surface area contributed by atoms with Crippen LogP contribution in [0.15, 0.2) is 18.3 Å². The van der Waals surface area contributed by atoms with Crippen LogP contribution in [0.25, 0.3) is 0 Å². The van der Waals surface area contributed by atoms with E-state index in [0.717, 1.165) is 31.6 Å². The van der Waals surface area contributed by atoms with E-state index < -0.39 is 0 Å². The van der Waals surface area contributed by atoms with E-state index in [4.69, 9.17) is 5.11 Å². The van der Waals surface area contributed by atoms with E-state index in [1.165, 1.54) is 0 Å². The van der Waals surface area contributed by atoms with Gasteiger partial charge in [0.15, 0.2) is 0 Å². The maximum atomic E-state index is 12.2. The van der Waals surface area contributed by atoms with Gasteiger partial charge in [0.2, 0.25) is 0 Å². The van der Waals surface area contributed by atoms with E-state index in [0.29, 0.717) is 11.5 Å². The summed E-state index contributed by atoms with van der Waals surface area (Å²) in [5.41, 5.74) is 1.57. The number of piperidine rings is 1. The zero-order chi connectivity index (χ0) is 12.3. The summed E-state index contributed by atoms with van der Waals surface area (Å²) in [6.07, 6.45) is 3.46. The van der Waals surface area contributed by atoms with E-state index in [1.54, 1.807) is 12.3 Å². The highest BCUT2D eigenvalue weighted by molar-refractivity contribution is 5.94. The molecule has 0 spiro atoms. The Morgan fingerprint density at radius 1 is 1.53 bits per heavy atom. The van der Waals surface area contributed by atoms with Gasteiger partial charge in [-0.3, -0.25) is 9.78 Å². The van der Waals surface area contributed by atoms with Gasteiger partial charge in [-0.15, -0.1) is 0 Å². The van der Waals surface area contributed by atoms with Crippen molar-refractivity contribution in [2.45, 2.75) is 19.8 Å². The van der Waals surface area contributed by atoms with Crippen molar-refractivity contribution in [3.05, 3.63) is 29.6 Å². The molecular formula is C13H18N2O2. The second kappa shape index (κ2) is 5.27. The molecule has 2 heterocycles. The fourth-order valence-electron chi connectivity index (χ4n) is 2.18. The van der Waals surface area contributed by atoms with Crippen LogP contribution in [0.2, 0.25) is 0 Å². The Balaban J connectivity index is 2.02. The van der Waals surface area contributed by atoms with Gasteiger partial charge in [-0.25, -0.2) is 0 Å². The minimum absolute atomic E-state index is 0.0758. The quantitative estimate of drug-likeness (QED) is 0.837. The van der Waals surface area contributed by atoms with Gasteiger partial charge in [0, 0.05) is 37.2 Å². The summed E-state index contributed by atoms with van der Waals surface area (Å²) in [7, 11) is 0. The fraction of sp³-hybridized carbons (Fsp3) is 0.538. The summed E-state index contributed by atoms with van der Waals surface area (Å²) in [4.78, 5) is 18.1. The molecule has 0 atom stereocenters. The fourth-order valence-corrected chi connectivity index (χ4v) is 2.18. The SMILES string of the molecule is Cc1cc(C(=O)N2CCC(CO)CC2)ccn1. The van der Waals surface area contributed by atoms with E-state index in [-0.39, 0.29) is 12.5 Å². The number of hydrogen-bond donors (Lipinski definition) is 1. The van der Waals surface area contributed by atoms with E-state index in [1.807, 2.05) is 17.9 Å². The van der Waals surface area contributed by atoms with Crippen LogP contribution in [-0.4, -0.2) is 40.6 Å². The lowest BCUT2D eigenvalue weighted by Gasteiger charge is -2.31. The van der Waals surface area contributed by atoms with Crippen LogP contribution in [0.4, 0.5) is 0 Å². The van der Waals surface area contributed by atoms with Gasteiger partial charge in [-0.1, -0.05) is 0 Å². The van der Waals surface area contributed by atoms with Crippen molar-refractivity contribution in [3.63, 3.8) is 0 Å². The number of aliphatic hydroxyl groups is 1. The van der Waals surface area contributed by atoms with Crippen LogP contribution in [0.5, 0.6) is 0 Å². The Morgan fingerprint density at radius 2 is 2.24 bits per heavy atom. The molecule has 0 aliphatic carbocycles. The minimum atomic E-state index is 0.0758. The number of carbonyl (C=O) groups excluding carboxylic acids is 1. The smallest absolute Gasteiger partial charge is 0.253 e. The molecule has 0 unspecified atom stereocenters. The number of nitrogens with zero attached hydrogens (tertiary/aromatic N) is 2. The van der Waals surface area contributed by atoms with E-state index in [9.17, 15) is 4.79 Å². The number of hydrogen-bond acceptors (Lipinski definition) is 3. The first-order chi connectivity index (χ1) is 8.20. The number of aryl methyl sites for hydroxylation is 1. The first kappa shape index (κ1) is 12.0. The van der Waals surface area contributed by atoms with Gasteiger partial charge in [0.1, 0.15) is 0 Å². The highest BCUT2D eigenvalue weighted by atomic mass is 16.3. The molecule has 1 aliphatic rings. The van der Waals surface area contributed by atoms with Gasteiger partial charge in [0.25, 0.3) is 5.91 Å². The Labute approximate surface area is 101 Å². The van der Waals surface area contributed by atoms with Crippen LogP contribution in [-0.2, 0) is 0 Å². The predicted octanol–water partition coefficient (Wildman–Crippen LogP) is 1.23. The van der Waals surface area contributed by atoms with Crippen LogP contribution in [0.1, 0.15) is 28.9 Å². The number of pyridine rings is 1. The molecule has 0 bridgehead atoms. The van der Waals surface area contributed by atoms with Crippen molar-refractivity contribution in [2.24, 2.45) is 5.92 Å². The van der Waals surface area contributed by atoms with Crippen molar-refractivity contribution in [3.8, 4) is 0 Å². The molecule has 1 fully saturated rings. The largest absolute Gasteiger partial charge is 0.396 e. The highest BCUT2D eigenvalue weighted by Gasteiger charge is 2.23. The third-order valence-corrected chi connectivity index (χ3v) is 3.30. The van der Waals surface area contributed by atoms with Gasteiger partial charge in [0.05, 0.1) is 0 Å². The summed E-state index contributed by atoms with van der Waals surface area (Å²) in [6, 6.07) is 3.58. The van der Waals surface area contributed by atoms with Crippen molar-refractivity contribution < 1.29 is 9.90 Å². The average Bonchev–Trinajstić information content (AvgIpc) is 2.38. The van der Waals surface area contributed by atoms with Crippen LogP contribution < -0.4 is 0 Å². The second-order valence-corrected chi connectivity index (χ2v) is 4.60. The van der Waals surface area contributed by atoms with Crippen LogP contribution >= 0.6 is 0 Å². The molecule has 17 heavy (non-hydrogen) atoms. The minimum Gasteiger partial charge on any atom is -0.396 e. The first-order valence-corrected chi connectivity index (χ1v) is 6.03. The zero-order valence-corrected chi connectivity index (χ0v) is 10.1. The van der Waals surface area contributed by atoms with E-state index in [2.05, 4.69) is 4.98 Å². The highest BCUT2D eigenvalue weighted by Crippen LogP contribution is 2.18. The number of aliphatic hydroxyl groups excluding tert-OH is 1. The number of amides is 1. The summed E-state index contributed by atoms with van der Waals surface area (Å²) < 4.78 is 0. The third kappa shape index (κ3) is 2.82. The number of carbonyl (C=O) groups is 1. The molecule has 1 saturated heterocycles. The first-order valence-electron chi connectivity index (χ1n) is 6.03. The van der Waals surface area contributed by atoms with Crippen molar-refractivity contribution in [2.75, 3.05) is 19.7 Å². The van der Waals surface area contributed by atoms with Gasteiger partial charge in [-0.05, 0) is 37.8 Å². The van der Waals surface area contributed by atoms with Crippen molar-refractivity contribution in [1.29, 1.82) is 0 Å².